The summed E-state index contributed by atoms with van der Waals surface area (Å²) in [7, 11) is 1.84. The van der Waals surface area contributed by atoms with Crippen LogP contribution in [0.1, 0.15) is 26.3 Å². The maximum atomic E-state index is 13.3. The highest BCUT2D eigenvalue weighted by atomic mass is 35.5. The van der Waals surface area contributed by atoms with Crippen LogP contribution in [0.25, 0.3) is 0 Å². The number of aryl methyl sites for hydroxylation is 1. The molecule has 0 atom stereocenters. The molecule has 0 saturated heterocycles. The molecule has 0 saturated carbocycles. The predicted molar refractivity (Wildman–Crippen MR) is 103 cm³/mol. The number of benzene rings is 2. The third-order valence-electron chi connectivity index (χ3n) is 4.52. The first-order valence-electron chi connectivity index (χ1n) is 8.24. The molecule has 7 nitrogen and oxygen atoms in total. The molecule has 2 heterocycles. The largest absolute Gasteiger partial charge is 0.366 e. The van der Waals surface area contributed by atoms with Crippen molar-refractivity contribution in [3.05, 3.63) is 70.4 Å². The lowest BCUT2D eigenvalue weighted by atomic mass is 10.1. The first-order chi connectivity index (χ1) is 13.0. The molecule has 4 rings (SSSR count). The van der Waals surface area contributed by atoms with Gasteiger partial charge in [0.05, 0.1) is 34.7 Å². The molecule has 8 heteroatoms. The molecule has 3 N–H and O–H groups in total. The van der Waals surface area contributed by atoms with E-state index in [1.54, 1.807) is 15.8 Å². The van der Waals surface area contributed by atoms with Crippen molar-refractivity contribution in [2.45, 2.75) is 6.54 Å². The Morgan fingerprint density at radius 2 is 2.00 bits per heavy atom. The van der Waals surface area contributed by atoms with Gasteiger partial charge in [-0.25, -0.2) is 0 Å². The van der Waals surface area contributed by atoms with E-state index < -0.39 is 5.91 Å². The number of hydrogen-bond donors (Lipinski definition) is 2. The second kappa shape index (κ2) is 6.44. The first-order valence-corrected chi connectivity index (χ1v) is 8.61. The number of amides is 2. The number of carbonyl (C=O) groups excluding carboxylic acids is 2. The van der Waals surface area contributed by atoms with Gasteiger partial charge in [-0.2, -0.15) is 5.10 Å². The van der Waals surface area contributed by atoms with Gasteiger partial charge in [0.2, 0.25) is 5.91 Å². The summed E-state index contributed by atoms with van der Waals surface area (Å²) in [5, 5.41) is 7.78. The number of rotatable bonds is 2. The van der Waals surface area contributed by atoms with Gasteiger partial charge in [-0.1, -0.05) is 23.7 Å². The van der Waals surface area contributed by atoms with Crippen molar-refractivity contribution < 1.29 is 9.59 Å². The van der Waals surface area contributed by atoms with E-state index in [2.05, 4.69) is 10.4 Å². The molecule has 3 aromatic rings. The Morgan fingerprint density at radius 3 is 2.74 bits per heavy atom. The Hall–Kier alpha value is -3.32. The number of aromatic nitrogens is 2. The van der Waals surface area contributed by atoms with Crippen LogP contribution < -0.4 is 16.0 Å². The average molecular weight is 382 g/mol. The van der Waals surface area contributed by atoms with E-state index in [1.165, 1.54) is 18.2 Å². The van der Waals surface area contributed by atoms with Crippen molar-refractivity contribution in [3.8, 4) is 0 Å². The highest BCUT2D eigenvalue weighted by molar-refractivity contribution is 6.35. The molecule has 0 fully saturated rings. The molecular weight excluding hydrogens is 366 g/mol. The van der Waals surface area contributed by atoms with Crippen LogP contribution in [0.3, 0.4) is 0 Å². The van der Waals surface area contributed by atoms with E-state index in [4.69, 9.17) is 17.3 Å². The van der Waals surface area contributed by atoms with E-state index in [-0.39, 0.29) is 16.5 Å². The monoisotopic (exact) mass is 381 g/mol. The Bertz CT molecular complexity index is 1080. The van der Waals surface area contributed by atoms with Crippen molar-refractivity contribution in [1.29, 1.82) is 0 Å². The van der Waals surface area contributed by atoms with Crippen LogP contribution in [0.15, 0.2) is 48.7 Å². The van der Waals surface area contributed by atoms with E-state index in [0.29, 0.717) is 12.1 Å². The van der Waals surface area contributed by atoms with Crippen LogP contribution in [0.4, 0.5) is 17.2 Å². The van der Waals surface area contributed by atoms with Gasteiger partial charge in [0.1, 0.15) is 5.82 Å². The number of hydrogen-bond acceptors (Lipinski definition) is 4. The standard InChI is InChI=1S/C19H16ClN5O2/c1-24-18-12(9-22-24)10-25(16-5-3-2-4-15(16)23-18)19(27)13-7-6-11(17(21)26)8-14(13)20/h2-9,23H,10H2,1H3,(H2,21,26). The maximum Gasteiger partial charge on any atom is 0.260 e. The highest BCUT2D eigenvalue weighted by Crippen LogP contribution is 2.36. The Kier molecular flexibility index (Phi) is 4.08. The summed E-state index contributed by atoms with van der Waals surface area (Å²) in [5.74, 6) is -0.0462. The summed E-state index contributed by atoms with van der Waals surface area (Å²) in [4.78, 5) is 26.3. The minimum atomic E-state index is -0.597. The molecule has 0 radical (unpaired) electrons. The number of nitrogens with zero attached hydrogens (tertiary/aromatic N) is 3. The number of primary amides is 1. The van der Waals surface area contributed by atoms with Crippen molar-refractivity contribution in [2.24, 2.45) is 12.8 Å². The van der Waals surface area contributed by atoms with Crippen molar-refractivity contribution in [2.75, 3.05) is 10.2 Å². The van der Waals surface area contributed by atoms with Crippen LogP contribution in [0, 0.1) is 0 Å². The van der Waals surface area contributed by atoms with E-state index in [0.717, 1.165) is 22.8 Å². The second-order valence-corrected chi connectivity index (χ2v) is 6.64. The number of halogens is 1. The Morgan fingerprint density at radius 1 is 1.22 bits per heavy atom. The van der Waals surface area contributed by atoms with Gasteiger partial charge >= 0.3 is 0 Å². The van der Waals surface area contributed by atoms with Crippen LogP contribution >= 0.6 is 11.6 Å². The maximum absolute atomic E-state index is 13.3. The highest BCUT2D eigenvalue weighted by Gasteiger charge is 2.27. The number of carbonyl (C=O) groups is 2. The van der Waals surface area contributed by atoms with E-state index in [1.807, 2.05) is 31.3 Å². The number of nitrogens with one attached hydrogen (secondary N) is 1. The molecular formula is C19H16ClN5O2. The summed E-state index contributed by atoms with van der Waals surface area (Å²) in [6, 6.07) is 12.0. The second-order valence-electron chi connectivity index (χ2n) is 6.23. The summed E-state index contributed by atoms with van der Waals surface area (Å²) in [6.07, 6.45) is 1.73. The van der Waals surface area contributed by atoms with Gasteiger partial charge in [0, 0.05) is 18.2 Å². The van der Waals surface area contributed by atoms with Gasteiger partial charge in [0.25, 0.3) is 5.91 Å². The van der Waals surface area contributed by atoms with Crippen LogP contribution in [-0.4, -0.2) is 21.6 Å². The fourth-order valence-corrected chi connectivity index (χ4v) is 3.39. The van der Waals surface area contributed by atoms with Crippen molar-refractivity contribution in [3.63, 3.8) is 0 Å². The fourth-order valence-electron chi connectivity index (χ4n) is 3.13. The minimum Gasteiger partial charge on any atom is -0.366 e. The van der Waals surface area contributed by atoms with Gasteiger partial charge in [-0.3, -0.25) is 14.3 Å². The summed E-state index contributed by atoms with van der Waals surface area (Å²) >= 11 is 6.27. The number of anilines is 3. The lowest BCUT2D eigenvalue weighted by Crippen LogP contribution is -2.30. The number of fused-ring (bicyclic) bond motifs is 2. The molecule has 27 heavy (non-hydrogen) atoms. The quantitative estimate of drug-likeness (QED) is 0.713. The van der Waals surface area contributed by atoms with E-state index in [9.17, 15) is 9.59 Å². The molecule has 2 aromatic carbocycles. The molecule has 0 aliphatic carbocycles. The Balaban J connectivity index is 1.80. The topological polar surface area (TPSA) is 93.2 Å². The van der Waals surface area contributed by atoms with Gasteiger partial charge in [0.15, 0.2) is 0 Å². The number of nitrogens with two attached hydrogens (primary N) is 1. The molecule has 1 aliphatic rings. The molecule has 0 bridgehead atoms. The number of para-hydroxylation sites is 2. The summed E-state index contributed by atoms with van der Waals surface area (Å²) < 4.78 is 1.73. The lowest BCUT2D eigenvalue weighted by Gasteiger charge is -2.23. The molecule has 136 valence electrons. The zero-order chi connectivity index (χ0) is 19.1. The van der Waals surface area contributed by atoms with Crippen molar-refractivity contribution >= 4 is 40.6 Å². The van der Waals surface area contributed by atoms with E-state index >= 15 is 0 Å². The minimum absolute atomic E-state index is 0.178. The van der Waals surface area contributed by atoms with Gasteiger partial charge in [-0.05, 0) is 30.3 Å². The van der Waals surface area contributed by atoms with Gasteiger partial charge < -0.3 is 16.0 Å². The fraction of sp³-hybridized carbons (Fsp3) is 0.105. The third-order valence-corrected chi connectivity index (χ3v) is 4.83. The lowest BCUT2D eigenvalue weighted by molar-refractivity contribution is 0.0979. The smallest absolute Gasteiger partial charge is 0.260 e. The SMILES string of the molecule is Cn1ncc2c1Nc1ccccc1N(C(=O)c1ccc(C(N)=O)cc1Cl)C2. The third kappa shape index (κ3) is 2.92. The first kappa shape index (κ1) is 17.1. The van der Waals surface area contributed by atoms with Crippen molar-refractivity contribution in [1.82, 2.24) is 9.78 Å². The molecule has 0 unspecified atom stereocenters. The molecule has 1 aromatic heterocycles. The van der Waals surface area contributed by atoms with Crippen LogP contribution in [0.2, 0.25) is 5.02 Å². The molecule has 0 spiro atoms. The Labute approximate surface area is 160 Å². The van der Waals surface area contributed by atoms with Crippen LogP contribution in [-0.2, 0) is 13.6 Å². The zero-order valence-electron chi connectivity index (χ0n) is 14.4. The summed E-state index contributed by atoms with van der Waals surface area (Å²) in [6.45, 7) is 0.333. The van der Waals surface area contributed by atoms with Crippen LogP contribution in [0.5, 0.6) is 0 Å². The molecule has 2 amide bonds. The average Bonchev–Trinajstić information content (AvgIpc) is 2.90. The summed E-state index contributed by atoms with van der Waals surface area (Å²) in [5.41, 5.74) is 8.23. The zero-order valence-corrected chi connectivity index (χ0v) is 15.2. The normalized spacial score (nSPS) is 12.6. The predicted octanol–water partition coefficient (Wildman–Crippen LogP) is 3.08. The molecule has 1 aliphatic heterocycles. The van der Waals surface area contributed by atoms with Gasteiger partial charge in [-0.15, -0.1) is 0 Å².